The van der Waals surface area contributed by atoms with Crippen LogP contribution >= 0.6 is 0 Å². The molecule has 1 unspecified atom stereocenters. The monoisotopic (exact) mass is 381 g/mol. The number of carbonyl (C=O) groups is 1. The molecule has 3 aliphatic carbocycles. The van der Waals surface area contributed by atoms with E-state index in [0.717, 1.165) is 37.4 Å². The number of piperidine rings is 1. The maximum Gasteiger partial charge on any atom is 0.134 e. The lowest BCUT2D eigenvalue weighted by Crippen LogP contribution is -2.65. The summed E-state index contributed by atoms with van der Waals surface area (Å²) in [7, 11) is 1.76. The maximum atomic E-state index is 12.9. The van der Waals surface area contributed by atoms with Crippen molar-refractivity contribution in [3.05, 3.63) is 29.3 Å². The number of likely N-dealkylation sites (tertiary alicyclic amines) is 1. The standard InChI is InChI=1S/C25H35NO2/c1-3-5-19-12-20(27)15-25-10-11-26(16-17-6-4-7-17)23(24(19)25)13-18-8-9-21(28-2)14-22(18)25/h8-9,14,17,19,23-24H,3-7,10-13,15-16H2,1-2H3/t19?,23-,24+,25-/m1/s1. The van der Waals surface area contributed by atoms with Gasteiger partial charge >= 0.3 is 0 Å². The van der Waals surface area contributed by atoms with E-state index in [1.165, 1.54) is 56.3 Å². The Morgan fingerprint density at radius 1 is 1.25 bits per heavy atom. The molecule has 1 aromatic rings. The fraction of sp³-hybridized carbons (Fsp3) is 0.720. The van der Waals surface area contributed by atoms with Crippen LogP contribution in [0.25, 0.3) is 0 Å². The molecule has 0 radical (unpaired) electrons. The molecule has 5 rings (SSSR count). The summed E-state index contributed by atoms with van der Waals surface area (Å²) in [4.78, 5) is 15.8. The first-order valence-corrected chi connectivity index (χ1v) is 11.6. The maximum absolute atomic E-state index is 12.9. The SMILES string of the molecule is CCCC1CC(=O)C[C@]23CCN(CC4CCC4)[C@H](Cc4ccc(OC)cc42)[C@H]13. The molecule has 1 heterocycles. The molecular weight excluding hydrogens is 346 g/mol. The van der Waals surface area contributed by atoms with Crippen molar-refractivity contribution in [3.63, 3.8) is 0 Å². The molecule has 2 bridgehead atoms. The predicted molar refractivity (Wildman–Crippen MR) is 112 cm³/mol. The minimum absolute atomic E-state index is 0.0536. The lowest BCUT2D eigenvalue weighted by atomic mass is 9.48. The van der Waals surface area contributed by atoms with Gasteiger partial charge in [-0.05, 0) is 79.7 Å². The number of hydrogen-bond donors (Lipinski definition) is 0. The molecule has 3 fully saturated rings. The van der Waals surface area contributed by atoms with E-state index in [1.807, 2.05) is 0 Å². The van der Waals surface area contributed by atoms with E-state index in [2.05, 4.69) is 30.0 Å². The molecule has 0 N–H and O–H groups in total. The van der Waals surface area contributed by atoms with Gasteiger partial charge in [0.1, 0.15) is 11.5 Å². The summed E-state index contributed by atoms with van der Waals surface area (Å²) in [6.45, 7) is 4.74. The molecular formula is C25H35NO2. The summed E-state index contributed by atoms with van der Waals surface area (Å²) in [5.74, 6) is 3.56. The minimum Gasteiger partial charge on any atom is -0.497 e. The molecule has 2 saturated carbocycles. The molecule has 28 heavy (non-hydrogen) atoms. The van der Waals surface area contributed by atoms with Crippen LogP contribution in [0.5, 0.6) is 5.75 Å². The van der Waals surface area contributed by atoms with Crippen LogP contribution in [0.2, 0.25) is 0 Å². The predicted octanol–water partition coefficient (Wildman–Crippen LogP) is 4.76. The van der Waals surface area contributed by atoms with E-state index in [4.69, 9.17) is 4.74 Å². The Labute approximate surface area is 169 Å². The van der Waals surface area contributed by atoms with Crippen molar-refractivity contribution in [3.8, 4) is 5.75 Å². The Balaban J connectivity index is 1.58. The Bertz CT molecular complexity index is 755. The third kappa shape index (κ3) is 2.84. The molecule has 0 spiro atoms. The lowest BCUT2D eigenvalue weighted by Gasteiger charge is -2.61. The van der Waals surface area contributed by atoms with Crippen LogP contribution in [-0.2, 0) is 16.6 Å². The van der Waals surface area contributed by atoms with Crippen LogP contribution in [0.15, 0.2) is 18.2 Å². The Morgan fingerprint density at radius 3 is 2.82 bits per heavy atom. The average molecular weight is 382 g/mol. The van der Waals surface area contributed by atoms with Crippen LogP contribution in [-0.4, -0.2) is 36.9 Å². The second-order valence-electron chi connectivity index (χ2n) is 9.99. The molecule has 0 aromatic heterocycles. The van der Waals surface area contributed by atoms with Gasteiger partial charge < -0.3 is 4.74 Å². The van der Waals surface area contributed by atoms with Gasteiger partial charge in [0.2, 0.25) is 0 Å². The molecule has 3 nitrogen and oxygen atoms in total. The van der Waals surface area contributed by atoms with Crippen molar-refractivity contribution in [2.45, 2.75) is 76.2 Å². The van der Waals surface area contributed by atoms with Crippen LogP contribution < -0.4 is 4.74 Å². The van der Waals surface area contributed by atoms with Crippen molar-refractivity contribution >= 4 is 5.78 Å². The van der Waals surface area contributed by atoms with Gasteiger partial charge in [-0.2, -0.15) is 0 Å². The van der Waals surface area contributed by atoms with Crippen molar-refractivity contribution < 1.29 is 9.53 Å². The highest BCUT2D eigenvalue weighted by Crippen LogP contribution is 2.58. The summed E-state index contributed by atoms with van der Waals surface area (Å²) >= 11 is 0. The number of carbonyl (C=O) groups excluding carboxylic acids is 1. The summed E-state index contributed by atoms with van der Waals surface area (Å²) in [6.07, 6.45) is 10.5. The highest BCUT2D eigenvalue weighted by molar-refractivity contribution is 5.82. The molecule has 4 aliphatic rings. The normalized spacial score (nSPS) is 35.1. The number of rotatable bonds is 5. The lowest BCUT2D eigenvalue weighted by molar-refractivity contribution is -0.132. The van der Waals surface area contributed by atoms with Crippen molar-refractivity contribution in [1.82, 2.24) is 4.90 Å². The first-order valence-electron chi connectivity index (χ1n) is 11.6. The van der Waals surface area contributed by atoms with Gasteiger partial charge in [0, 0.05) is 30.8 Å². The highest BCUT2D eigenvalue weighted by atomic mass is 16.5. The minimum atomic E-state index is 0.0536. The van der Waals surface area contributed by atoms with Crippen LogP contribution in [0.4, 0.5) is 0 Å². The highest BCUT2D eigenvalue weighted by Gasteiger charge is 2.58. The van der Waals surface area contributed by atoms with Crippen molar-refractivity contribution in [2.24, 2.45) is 17.8 Å². The molecule has 1 aromatic carbocycles. The number of methoxy groups -OCH3 is 1. The average Bonchev–Trinajstić information content (AvgIpc) is 2.65. The molecule has 0 amide bonds. The second-order valence-corrected chi connectivity index (χ2v) is 9.99. The van der Waals surface area contributed by atoms with Crippen LogP contribution in [0, 0.1) is 17.8 Å². The van der Waals surface area contributed by atoms with Crippen molar-refractivity contribution in [2.75, 3.05) is 20.2 Å². The van der Waals surface area contributed by atoms with Gasteiger partial charge in [-0.3, -0.25) is 9.69 Å². The Hall–Kier alpha value is -1.35. The molecule has 1 saturated heterocycles. The fourth-order valence-electron chi connectivity index (χ4n) is 7.19. The Kier molecular flexibility index (Phi) is 4.77. The zero-order valence-corrected chi connectivity index (χ0v) is 17.6. The summed E-state index contributed by atoms with van der Waals surface area (Å²) in [5.41, 5.74) is 2.98. The van der Waals surface area contributed by atoms with E-state index in [9.17, 15) is 4.79 Å². The van der Waals surface area contributed by atoms with Crippen LogP contribution in [0.3, 0.4) is 0 Å². The van der Waals surface area contributed by atoms with Gasteiger partial charge in [-0.15, -0.1) is 0 Å². The van der Waals surface area contributed by atoms with Gasteiger partial charge in [-0.1, -0.05) is 25.8 Å². The first kappa shape index (κ1) is 18.7. The molecule has 4 atom stereocenters. The van der Waals surface area contributed by atoms with Gasteiger partial charge in [0.25, 0.3) is 0 Å². The van der Waals surface area contributed by atoms with E-state index < -0.39 is 0 Å². The van der Waals surface area contributed by atoms with Gasteiger partial charge in [0.05, 0.1) is 7.11 Å². The first-order chi connectivity index (χ1) is 13.6. The molecule has 1 aliphatic heterocycles. The number of ketones is 1. The van der Waals surface area contributed by atoms with E-state index in [1.54, 1.807) is 7.11 Å². The summed E-state index contributed by atoms with van der Waals surface area (Å²) < 4.78 is 5.60. The fourth-order valence-corrected chi connectivity index (χ4v) is 7.19. The smallest absolute Gasteiger partial charge is 0.134 e. The number of fused-ring (bicyclic) bond motifs is 1. The third-order valence-electron chi connectivity index (χ3n) is 8.54. The number of benzene rings is 1. The van der Waals surface area contributed by atoms with E-state index in [-0.39, 0.29) is 5.41 Å². The second kappa shape index (κ2) is 7.16. The van der Waals surface area contributed by atoms with Gasteiger partial charge in [-0.25, -0.2) is 0 Å². The number of ether oxygens (including phenoxy) is 1. The zero-order chi connectivity index (χ0) is 19.3. The van der Waals surface area contributed by atoms with Crippen LogP contribution in [0.1, 0.15) is 69.4 Å². The number of hydrogen-bond acceptors (Lipinski definition) is 3. The largest absolute Gasteiger partial charge is 0.497 e. The topological polar surface area (TPSA) is 29.5 Å². The van der Waals surface area contributed by atoms with E-state index >= 15 is 0 Å². The quantitative estimate of drug-likeness (QED) is 0.736. The Morgan fingerprint density at radius 2 is 2.11 bits per heavy atom. The third-order valence-corrected chi connectivity index (χ3v) is 8.54. The molecule has 3 heteroatoms. The number of nitrogens with zero attached hydrogens (tertiary/aromatic N) is 1. The summed E-state index contributed by atoms with van der Waals surface area (Å²) in [6, 6.07) is 7.32. The number of Topliss-reactive ketones (excluding diaryl/α,β-unsaturated/α-hetero) is 1. The summed E-state index contributed by atoms with van der Waals surface area (Å²) in [5, 5.41) is 0. The van der Waals surface area contributed by atoms with Gasteiger partial charge in [0.15, 0.2) is 0 Å². The van der Waals surface area contributed by atoms with Crippen molar-refractivity contribution in [1.29, 1.82) is 0 Å². The zero-order valence-electron chi connectivity index (χ0n) is 17.6. The molecule has 152 valence electrons. The van der Waals surface area contributed by atoms with E-state index in [0.29, 0.717) is 23.7 Å².